The van der Waals surface area contributed by atoms with Gasteiger partial charge in [-0.15, -0.1) is 0 Å². The molecule has 0 saturated carbocycles. The highest BCUT2D eigenvalue weighted by Crippen LogP contribution is 2.33. The molecule has 3 nitrogen and oxygen atoms in total. The minimum Gasteiger partial charge on any atom is -0.506 e. The van der Waals surface area contributed by atoms with Crippen molar-refractivity contribution >= 4 is 17.3 Å². The molecule has 0 radical (unpaired) electrons. The predicted octanol–water partition coefficient (Wildman–Crippen LogP) is 3.93. The summed E-state index contributed by atoms with van der Waals surface area (Å²) in [6, 6.07) is 9.52. The number of phenols is 1. The number of aryl methyl sites for hydroxylation is 1. The van der Waals surface area contributed by atoms with Gasteiger partial charge in [-0.2, -0.15) is 0 Å². The number of phenolic OH excluding ortho intramolecular Hbond substituents is 1. The van der Waals surface area contributed by atoms with Gasteiger partial charge < -0.3 is 10.4 Å². The summed E-state index contributed by atoms with van der Waals surface area (Å²) >= 11 is 5.93. The van der Waals surface area contributed by atoms with E-state index in [2.05, 4.69) is 16.4 Å². The van der Waals surface area contributed by atoms with E-state index in [9.17, 15) is 5.11 Å². The van der Waals surface area contributed by atoms with Crippen LogP contribution in [-0.2, 0) is 6.42 Å². The van der Waals surface area contributed by atoms with Gasteiger partial charge in [0.25, 0.3) is 0 Å². The highest BCUT2D eigenvalue weighted by Gasteiger charge is 2.21. The van der Waals surface area contributed by atoms with Crippen LogP contribution in [0.2, 0.25) is 5.02 Å². The fourth-order valence-electron chi connectivity index (χ4n) is 2.55. The number of aromatic hydroxyl groups is 1. The minimum absolute atomic E-state index is 0.106. The van der Waals surface area contributed by atoms with Gasteiger partial charge in [0.05, 0.1) is 16.8 Å². The number of halogens is 1. The van der Waals surface area contributed by atoms with Crippen LogP contribution in [-0.4, -0.2) is 10.1 Å². The monoisotopic (exact) mass is 274 g/mol. The molecule has 98 valence electrons. The number of benzene rings is 1. The Morgan fingerprint density at radius 1 is 1.32 bits per heavy atom. The number of pyridine rings is 1. The molecule has 2 aromatic rings. The van der Waals surface area contributed by atoms with E-state index < -0.39 is 0 Å². The van der Waals surface area contributed by atoms with Crippen molar-refractivity contribution in [2.45, 2.75) is 25.3 Å². The number of anilines is 1. The molecule has 0 spiro atoms. The van der Waals surface area contributed by atoms with Gasteiger partial charge in [0, 0.05) is 11.9 Å². The second kappa shape index (κ2) is 5.10. The zero-order valence-electron chi connectivity index (χ0n) is 10.4. The molecule has 0 bridgehead atoms. The van der Waals surface area contributed by atoms with Crippen LogP contribution in [0.5, 0.6) is 5.75 Å². The van der Waals surface area contributed by atoms with Crippen molar-refractivity contribution in [1.29, 1.82) is 0 Å². The molecule has 0 saturated heterocycles. The molecule has 1 aliphatic rings. The third kappa shape index (κ3) is 2.51. The van der Waals surface area contributed by atoms with Crippen molar-refractivity contribution in [2.75, 3.05) is 5.32 Å². The summed E-state index contributed by atoms with van der Waals surface area (Å²) in [5.74, 6) is 0.106. The summed E-state index contributed by atoms with van der Waals surface area (Å²) in [6.07, 6.45) is 5.14. The first kappa shape index (κ1) is 12.3. The van der Waals surface area contributed by atoms with Gasteiger partial charge >= 0.3 is 0 Å². The van der Waals surface area contributed by atoms with Gasteiger partial charge in [-0.25, -0.2) is 0 Å². The smallest absolute Gasteiger partial charge is 0.134 e. The zero-order chi connectivity index (χ0) is 13.2. The third-order valence-electron chi connectivity index (χ3n) is 3.48. The van der Waals surface area contributed by atoms with Gasteiger partial charge in [0.2, 0.25) is 0 Å². The molecular weight excluding hydrogens is 260 g/mol. The van der Waals surface area contributed by atoms with Crippen LogP contribution in [0.15, 0.2) is 36.5 Å². The lowest BCUT2D eigenvalue weighted by molar-refractivity contribution is 0.475. The lowest BCUT2D eigenvalue weighted by Gasteiger charge is -2.26. The number of nitrogens with zero attached hydrogens (tertiary/aromatic N) is 1. The Hall–Kier alpha value is -1.74. The first-order valence-electron chi connectivity index (χ1n) is 6.43. The van der Waals surface area contributed by atoms with Gasteiger partial charge in [-0.1, -0.05) is 17.7 Å². The Morgan fingerprint density at radius 2 is 2.21 bits per heavy atom. The molecular formula is C15H15ClN2O. The number of aromatic nitrogens is 1. The van der Waals surface area contributed by atoms with Crippen LogP contribution in [0.3, 0.4) is 0 Å². The molecule has 3 rings (SSSR count). The highest BCUT2D eigenvalue weighted by atomic mass is 35.5. The van der Waals surface area contributed by atoms with Gasteiger partial charge in [-0.05, 0) is 49.1 Å². The van der Waals surface area contributed by atoms with E-state index in [1.54, 1.807) is 12.1 Å². The molecule has 2 N–H and O–H groups in total. The Morgan fingerprint density at radius 3 is 3.05 bits per heavy atom. The van der Waals surface area contributed by atoms with E-state index in [0.29, 0.717) is 5.02 Å². The summed E-state index contributed by atoms with van der Waals surface area (Å²) in [5.41, 5.74) is 3.35. The van der Waals surface area contributed by atoms with Gasteiger partial charge in [0.15, 0.2) is 0 Å². The summed E-state index contributed by atoms with van der Waals surface area (Å²) in [5, 5.41) is 13.2. The van der Waals surface area contributed by atoms with E-state index in [-0.39, 0.29) is 11.8 Å². The average molecular weight is 275 g/mol. The van der Waals surface area contributed by atoms with Crippen LogP contribution in [0, 0.1) is 0 Å². The molecule has 19 heavy (non-hydrogen) atoms. The average Bonchev–Trinajstić information content (AvgIpc) is 2.43. The molecule has 1 aliphatic carbocycles. The van der Waals surface area contributed by atoms with Crippen LogP contribution in [0.4, 0.5) is 5.69 Å². The largest absolute Gasteiger partial charge is 0.506 e. The lowest BCUT2D eigenvalue weighted by Crippen LogP contribution is -2.18. The maximum absolute atomic E-state index is 9.44. The highest BCUT2D eigenvalue weighted by molar-refractivity contribution is 6.32. The maximum Gasteiger partial charge on any atom is 0.134 e. The van der Waals surface area contributed by atoms with E-state index in [1.165, 1.54) is 5.56 Å². The number of rotatable bonds is 2. The molecule has 1 aromatic carbocycles. The first-order chi connectivity index (χ1) is 9.24. The van der Waals surface area contributed by atoms with Crippen molar-refractivity contribution in [3.63, 3.8) is 0 Å². The third-order valence-corrected chi connectivity index (χ3v) is 3.79. The van der Waals surface area contributed by atoms with Crippen molar-refractivity contribution in [2.24, 2.45) is 0 Å². The topological polar surface area (TPSA) is 45.1 Å². The van der Waals surface area contributed by atoms with Gasteiger partial charge in [-0.3, -0.25) is 4.98 Å². The zero-order valence-corrected chi connectivity index (χ0v) is 11.2. The fourth-order valence-corrected chi connectivity index (χ4v) is 2.73. The first-order valence-corrected chi connectivity index (χ1v) is 6.80. The quantitative estimate of drug-likeness (QED) is 0.816. The summed E-state index contributed by atoms with van der Waals surface area (Å²) in [4.78, 5) is 4.49. The Balaban J connectivity index is 1.86. The molecule has 1 heterocycles. The number of hydrogen-bond acceptors (Lipinski definition) is 3. The fraction of sp³-hybridized carbons (Fsp3) is 0.267. The second-order valence-corrected chi connectivity index (χ2v) is 5.21. The molecule has 0 amide bonds. The van der Waals surface area contributed by atoms with E-state index in [1.807, 2.05) is 18.3 Å². The van der Waals surface area contributed by atoms with Crippen molar-refractivity contribution in [3.8, 4) is 5.75 Å². The van der Waals surface area contributed by atoms with E-state index in [4.69, 9.17) is 11.6 Å². The standard InChI is InChI=1S/C15H15ClN2O/c16-12-9-11(6-7-14(12)19)18-13-5-1-3-10-4-2-8-17-15(10)13/h2,4,6-9,13,18-19H,1,3,5H2. The summed E-state index contributed by atoms with van der Waals surface area (Å²) < 4.78 is 0. The maximum atomic E-state index is 9.44. The van der Waals surface area contributed by atoms with E-state index in [0.717, 1.165) is 30.6 Å². The lowest BCUT2D eigenvalue weighted by atomic mass is 9.92. The number of fused-ring (bicyclic) bond motifs is 1. The predicted molar refractivity (Wildman–Crippen MR) is 76.7 cm³/mol. The second-order valence-electron chi connectivity index (χ2n) is 4.80. The number of hydrogen-bond donors (Lipinski definition) is 2. The number of nitrogens with one attached hydrogen (secondary N) is 1. The summed E-state index contributed by atoms with van der Waals surface area (Å²) in [7, 11) is 0. The molecule has 0 aliphatic heterocycles. The molecule has 1 aromatic heterocycles. The van der Waals surface area contributed by atoms with Gasteiger partial charge in [0.1, 0.15) is 5.75 Å². The molecule has 0 fully saturated rings. The molecule has 1 atom stereocenters. The summed E-state index contributed by atoms with van der Waals surface area (Å²) in [6.45, 7) is 0. The van der Waals surface area contributed by atoms with Crippen LogP contribution < -0.4 is 5.32 Å². The SMILES string of the molecule is Oc1ccc(NC2CCCc3cccnc32)cc1Cl. The van der Waals surface area contributed by atoms with E-state index >= 15 is 0 Å². The minimum atomic E-state index is 0.106. The normalized spacial score (nSPS) is 17.8. The Labute approximate surface area is 117 Å². The van der Waals surface area contributed by atoms with Crippen LogP contribution in [0.25, 0.3) is 0 Å². The molecule has 1 unspecified atom stereocenters. The van der Waals surface area contributed by atoms with Crippen LogP contribution >= 0.6 is 11.6 Å². The Kier molecular flexibility index (Phi) is 3.30. The molecule has 4 heteroatoms. The van der Waals surface area contributed by atoms with Crippen molar-refractivity contribution in [3.05, 3.63) is 52.8 Å². The van der Waals surface area contributed by atoms with Crippen molar-refractivity contribution in [1.82, 2.24) is 4.98 Å². The van der Waals surface area contributed by atoms with Crippen LogP contribution in [0.1, 0.15) is 30.1 Å². The van der Waals surface area contributed by atoms with Crippen molar-refractivity contribution < 1.29 is 5.11 Å². The Bertz CT molecular complexity index is 600.